The molecule has 0 aliphatic carbocycles. The summed E-state index contributed by atoms with van der Waals surface area (Å²) in [5, 5.41) is 9.94. The van der Waals surface area contributed by atoms with Crippen LogP contribution < -0.4 is 4.74 Å². The summed E-state index contributed by atoms with van der Waals surface area (Å²) in [7, 11) is 0. The van der Waals surface area contributed by atoms with Gasteiger partial charge < -0.3 is 9.84 Å². The van der Waals surface area contributed by atoms with Crippen LogP contribution in [0.2, 0.25) is 5.02 Å². The number of aliphatic hydroxyl groups excluding tert-OH is 1. The van der Waals surface area contributed by atoms with Crippen LogP contribution in [0.1, 0.15) is 27.2 Å². The van der Waals surface area contributed by atoms with E-state index in [9.17, 15) is 5.11 Å². The lowest BCUT2D eigenvalue weighted by molar-refractivity contribution is 0.0990. The lowest BCUT2D eigenvalue weighted by Gasteiger charge is -2.35. The maximum absolute atomic E-state index is 9.24. The van der Waals surface area contributed by atoms with E-state index in [1.807, 2.05) is 36.4 Å². The number of rotatable bonds is 8. The second kappa shape index (κ2) is 10.8. The van der Waals surface area contributed by atoms with Crippen molar-refractivity contribution in [1.82, 2.24) is 4.90 Å². The van der Waals surface area contributed by atoms with Gasteiger partial charge in [0, 0.05) is 29.2 Å². The number of halogens is 2. The van der Waals surface area contributed by atoms with Crippen molar-refractivity contribution in [2.75, 3.05) is 26.3 Å². The van der Waals surface area contributed by atoms with E-state index in [2.05, 4.69) is 37.8 Å². The van der Waals surface area contributed by atoms with Crippen molar-refractivity contribution in [3.8, 4) is 16.9 Å². The molecule has 5 heteroatoms. The van der Waals surface area contributed by atoms with E-state index in [0.29, 0.717) is 18.2 Å². The average Bonchev–Trinajstić information content (AvgIpc) is 2.58. The van der Waals surface area contributed by atoms with Crippen molar-refractivity contribution in [3.05, 3.63) is 53.6 Å². The van der Waals surface area contributed by atoms with E-state index in [-0.39, 0.29) is 24.6 Å². The Labute approximate surface area is 168 Å². The van der Waals surface area contributed by atoms with Crippen LogP contribution in [0.4, 0.5) is 0 Å². The number of benzene rings is 2. The molecule has 0 fully saturated rings. The van der Waals surface area contributed by atoms with Crippen molar-refractivity contribution in [3.63, 3.8) is 0 Å². The Bertz CT molecular complexity index is 657. The van der Waals surface area contributed by atoms with E-state index < -0.39 is 0 Å². The molecule has 0 radical (unpaired) electrons. The van der Waals surface area contributed by atoms with Gasteiger partial charge in [0.25, 0.3) is 0 Å². The number of ether oxygens (including phenoxy) is 1. The minimum Gasteiger partial charge on any atom is -0.493 e. The van der Waals surface area contributed by atoms with Crippen molar-refractivity contribution < 1.29 is 9.84 Å². The first-order valence-electron chi connectivity index (χ1n) is 8.75. The Morgan fingerprint density at radius 3 is 2.35 bits per heavy atom. The van der Waals surface area contributed by atoms with Crippen LogP contribution in [-0.4, -0.2) is 41.8 Å². The van der Waals surface area contributed by atoms with E-state index in [0.717, 1.165) is 29.8 Å². The van der Waals surface area contributed by atoms with Crippen molar-refractivity contribution in [1.29, 1.82) is 0 Å². The summed E-state index contributed by atoms with van der Waals surface area (Å²) in [6.45, 7) is 8.85. The Morgan fingerprint density at radius 1 is 1.04 bits per heavy atom. The molecule has 2 aromatic carbocycles. The first-order chi connectivity index (χ1) is 11.9. The largest absolute Gasteiger partial charge is 0.493 e. The van der Waals surface area contributed by atoms with E-state index in [1.54, 1.807) is 0 Å². The third-order valence-corrected chi connectivity index (χ3v) is 4.41. The van der Waals surface area contributed by atoms with Gasteiger partial charge in [-0.15, -0.1) is 12.4 Å². The number of hydrogen-bond donors (Lipinski definition) is 1. The number of β-amino-alcohol motifs (C(OH)–C–C–N with tert-alkyl or cyclic N) is 1. The third-order valence-electron chi connectivity index (χ3n) is 4.17. The van der Waals surface area contributed by atoms with Gasteiger partial charge in [0.15, 0.2) is 0 Å². The quantitative estimate of drug-likeness (QED) is 0.614. The molecule has 0 saturated heterocycles. The van der Waals surface area contributed by atoms with Gasteiger partial charge in [-0.2, -0.15) is 0 Å². The fourth-order valence-corrected chi connectivity index (χ4v) is 2.98. The van der Waals surface area contributed by atoms with Gasteiger partial charge in [0.1, 0.15) is 5.75 Å². The van der Waals surface area contributed by atoms with Gasteiger partial charge in [-0.3, -0.25) is 4.90 Å². The molecule has 26 heavy (non-hydrogen) atoms. The zero-order chi connectivity index (χ0) is 18.3. The van der Waals surface area contributed by atoms with Crippen molar-refractivity contribution >= 4 is 24.0 Å². The molecule has 0 saturated carbocycles. The highest BCUT2D eigenvalue weighted by molar-refractivity contribution is 6.31. The molecular formula is C21H29Cl2NO2. The Hall–Kier alpha value is -1.26. The monoisotopic (exact) mass is 397 g/mol. The Morgan fingerprint density at radius 2 is 1.73 bits per heavy atom. The van der Waals surface area contributed by atoms with Crippen molar-refractivity contribution in [2.45, 2.75) is 32.7 Å². The van der Waals surface area contributed by atoms with Gasteiger partial charge in [-0.05, 0) is 51.0 Å². The summed E-state index contributed by atoms with van der Waals surface area (Å²) in [4.78, 5) is 2.27. The Balaban J connectivity index is 0.00000338. The number of hydrogen-bond acceptors (Lipinski definition) is 3. The van der Waals surface area contributed by atoms with Crippen molar-refractivity contribution in [2.24, 2.45) is 0 Å². The van der Waals surface area contributed by atoms with Crippen LogP contribution in [0.5, 0.6) is 5.75 Å². The average molecular weight is 398 g/mol. The topological polar surface area (TPSA) is 32.7 Å². The van der Waals surface area contributed by atoms with Gasteiger partial charge in [-0.25, -0.2) is 0 Å². The molecule has 2 rings (SSSR count). The molecule has 0 atom stereocenters. The van der Waals surface area contributed by atoms with Gasteiger partial charge in [0.2, 0.25) is 0 Å². The fourth-order valence-electron chi connectivity index (χ4n) is 2.81. The first-order valence-corrected chi connectivity index (χ1v) is 9.13. The molecule has 0 spiro atoms. The molecule has 0 aromatic heterocycles. The van der Waals surface area contributed by atoms with Crippen LogP contribution in [0, 0.1) is 0 Å². The molecule has 0 bridgehead atoms. The van der Waals surface area contributed by atoms with Crippen LogP contribution in [0.15, 0.2) is 48.5 Å². The molecule has 2 aromatic rings. The SMILES string of the molecule is CC(C)(C)N(CCO)CCCOc1ccc(Cl)cc1-c1ccccc1.Cl. The zero-order valence-electron chi connectivity index (χ0n) is 15.7. The van der Waals surface area contributed by atoms with Crippen LogP contribution in [-0.2, 0) is 0 Å². The predicted molar refractivity (Wildman–Crippen MR) is 113 cm³/mol. The maximum Gasteiger partial charge on any atom is 0.127 e. The normalized spacial score (nSPS) is 11.3. The molecule has 3 nitrogen and oxygen atoms in total. The Kier molecular flexibility index (Phi) is 9.45. The van der Waals surface area contributed by atoms with E-state index >= 15 is 0 Å². The minimum absolute atomic E-state index is 0. The summed E-state index contributed by atoms with van der Waals surface area (Å²) in [6, 6.07) is 15.9. The molecule has 0 aliphatic heterocycles. The van der Waals surface area contributed by atoms with Gasteiger partial charge in [-0.1, -0.05) is 41.9 Å². The standard InChI is InChI=1S/C21H28ClNO2.ClH/c1-21(2,3)23(13-14-24)12-7-15-25-20-11-10-18(22)16-19(20)17-8-5-4-6-9-17;/h4-6,8-11,16,24H,7,12-15H2,1-3H3;1H. The van der Waals surface area contributed by atoms with E-state index in [1.165, 1.54) is 0 Å². The highest BCUT2D eigenvalue weighted by Gasteiger charge is 2.20. The highest BCUT2D eigenvalue weighted by Crippen LogP contribution is 2.32. The number of aliphatic hydroxyl groups is 1. The summed E-state index contributed by atoms with van der Waals surface area (Å²) < 4.78 is 6.04. The van der Waals surface area contributed by atoms with Gasteiger partial charge >= 0.3 is 0 Å². The first kappa shape index (κ1) is 22.8. The lowest BCUT2D eigenvalue weighted by atomic mass is 10.0. The summed E-state index contributed by atoms with van der Waals surface area (Å²) in [6.07, 6.45) is 0.897. The zero-order valence-corrected chi connectivity index (χ0v) is 17.3. The highest BCUT2D eigenvalue weighted by atomic mass is 35.5. The molecule has 0 unspecified atom stereocenters. The molecule has 1 N–H and O–H groups in total. The second-order valence-corrected chi connectivity index (χ2v) is 7.53. The van der Waals surface area contributed by atoms with Crippen LogP contribution in [0.25, 0.3) is 11.1 Å². The molecule has 0 aliphatic rings. The minimum atomic E-state index is 0. The van der Waals surface area contributed by atoms with Gasteiger partial charge in [0.05, 0.1) is 13.2 Å². The van der Waals surface area contributed by atoms with Crippen LogP contribution >= 0.6 is 24.0 Å². The molecule has 0 heterocycles. The molecule has 144 valence electrons. The molecule has 0 amide bonds. The number of nitrogens with zero attached hydrogens (tertiary/aromatic N) is 1. The fraction of sp³-hybridized carbons (Fsp3) is 0.429. The predicted octanol–water partition coefficient (Wildman–Crippen LogP) is 5.29. The summed E-state index contributed by atoms with van der Waals surface area (Å²) in [5.41, 5.74) is 2.14. The third kappa shape index (κ3) is 6.81. The smallest absolute Gasteiger partial charge is 0.127 e. The van der Waals surface area contributed by atoms with E-state index in [4.69, 9.17) is 16.3 Å². The summed E-state index contributed by atoms with van der Waals surface area (Å²) in [5.74, 6) is 0.847. The molecular weight excluding hydrogens is 369 g/mol. The lowest BCUT2D eigenvalue weighted by Crippen LogP contribution is -2.43. The second-order valence-electron chi connectivity index (χ2n) is 7.09. The van der Waals surface area contributed by atoms with Crippen LogP contribution in [0.3, 0.4) is 0 Å². The summed E-state index contributed by atoms with van der Waals surface area (Å²) >= 11 is 6.17. The maximum atomic E-state index is 9.24.